The lowest BCUT2D eigenvalue weighted by molar-refractivity contribution is -0.131. The van der Waals surface area contributed by atoms with E-state index >= 15 is 0 Å². The van der Waals surface area contributed by atoms with Gasteiger partial charge in [-0.25, -0.2) is 0 Å². The van der Waals surface area contributed by atoms with Crippen molar-refractivity contribution in [2.45, 2.75) is 39.8 Å². The van der Waals surface area contributed by atoms with Crippen LogP contribution in [0.4, 0.5) is 0 Å². The van der Waals surface area contributed by atoms with Crippen LogP contribution in [-0.4, -0.2) is 48.7 Å². The lowest BCUT2D eigenvalue weighted by Crippen LogP contribution is -2.36. The van der Waals surface area contributed by atoms with Crippen LogP contribution in [0.2, 0.25) is 0 Å². The second kappa shape index (κ2) is 5.27. The first kappa shape index (κ1) is 13.7. The number of likely N-dealkylation sites (tertiary alicyclic amines) is 1. The Morgan fingerprint density at radius 2 is 1.95 bits per heavy atom. The molecule has 1 aliphatic heterocycles. The number of aryl methyl sites for hydroxylation is 2. The Hall–Kier alpha value is -2.25. The largest absolute Gasteiger partial charge is 0.341 e. The van der Waals surface area contributed by atoms with E-state index in [4.69, 9.17) is 0 Å². The molecule has 3 heterocycles. The number of rotatable bonds is 3. The third-order valence-electron chi connectivity index (χ3n) is 3.83. The van der Waals surface area contributed by atoms with Crippen LogP contribution in [0.5, 0.6) is 0 Å². The smallest absolute Gasteiger partial charge is 0.296 e. The summed E-state index contributed by atoms with van der Waals surface area (Å²) in [6.45, 7) is 5.74. The van der Waals surface area contributed by atoms with Gasteiger partial charge in [-0.3, -0.25) is 14.3 Å². The molecule has 2 aromatic heterocycles. The minimum Gasteiger partial charge on any atom is -0.341 e. The number of nitrogens with zero attached hydrogens (tertiary/aromatic N) is 6. The number of aromatic nitrogens is 5. The van der Waals surface area contributed by atoms with Crippen LogP contribution in [0.25, 0.3) is 11.0 Å². The van der Waals surface area contributed by atoms with Gasteiger partial charge in [-0.1, -0.05) is 5.21 Å². The van der Waals surface area contributed by atoms with Gasteiger partial charge in [0.05, 0.1) is 5.69 Å². The van der Waals surface area contributed by atoms with E-state index < -0.39 is 0 Å². The van der Waals surface area contributed by atoms with Crippen molar-refractivity contribution in [3.63, 3.8) is 0 Å². The number of hydrogen-bond donors (Lipinski definition) is 0. The van der Waals surface area contributed by atoms with Crippen molar-refractivity contribution in [2.75, 3.05) is 13.1 Å². The van der Waals surface area contributed by atoms with Crippen molar-refractivity contribution in [3.05, 3.63) is 16.0 Å². The van der Waals surface area contributed by atoms with E-state index in [1.165, 1.54) is 0 Å². The van der Waals surface area contributed by atoms with Crippen molar-refractivity contribution in [2.24, 2.45) is 0 Å². The Morgan fingerprint density at radius 1 is 1.24 bits per heavy atom. The summed E-state index contributed by atoms with van der Waals surface area (Å²) in [5.41, 5.74) is 1.29. The maximum atomic E-state index is 12.5. The van der Waals surface area contributed by atoms with Crippen molar-refractivity contribution >= 4 is 16.9 Å². The predicted octanol–water partition coefficient (Wildman–Crippen LogP) is -0.0613. The Balaban J connectivity index is 1.98. The highest BCUT2D eigenvalue weighted by Crippen LogP contribution is 2.11. The maximum Gasteiger partial charge on any atom is 0.296 e. The van der Waals surface area contributed by atoms with E-state index in [-0.39, 0.29) is 18.0 Å². The zero-order valence-electron chi connectivity index (χ0n) is 12.2. The Kier molecular flexibility index (Phi) is 3.44. The standard InChI is InChI=1S/C13H18N6O2/c1-3-18-12-11(9(2)15-18)14-16-19(13(12)21)8-10(20)17-6-4-5-7-17/h3-8H2,1-2H3. The van der Waals surface area contributed by atoms with Gasteiger partial charge in [0.2, 0.25) is 5.91 Å². The van der Waals surface area contributed by atoms with Crippen LogP contribution in [0, 0.1) is 6.92 Å². The van der Waals surface area contributed by atoms with Crippen LogP contribution in [0.15, 0.2) is 4.79 Å². The summed E-state index contributed by atoms with van der Waals surface area (Å²) in [4.78, 5) is 26.4. The van der Waals surface area contributed by atoms with Gasteiger partial charge in [-0.15, -0.1) is 5.10 Å². The summed E-state index contributed by atoms with van der Waals surface area (Å²) in [5.74, 6) is -0.0810. The Bertz CT molecular complexity index is 741. The highest BCUT2D eigenvalue weighted by molar-refractivity contribution is 5.78. The molecule has 1 aliphatic rings. The first-order valence-corrected chi connectivity index (χ1v) is 7.20. The van der Waals surface area contributed by atoms with Crippen molar-refractivity contribution < 1.29 is 4.79 Å². The SMILES string of the molecule is CCn1nc(C)c2nnn(CC(=O)N3CCCC3)c(=O)c21. The van der Waals surface area contributed by atoms with E-state index in [1.807, 2.05) is 6.92 Å². The van der Waals surface area contributed by atoms with Gasteiger partial charge in [0.15, 0.2) is 5.52 Å². The molecule has 2 aromatic rings. The molecule has 21 heavy (non-hydrogen) atoms. The fraction of sp³-hybridized carbons (Fsp3) is 0.615. The topological polar surface area (TPSA) is 85.9 Å². The maximum absolute atomic E-state index is 12.5. The molecule has 3 rings (SSSR count). The molecule has 0 aliphatic carbocycles. The second-order valence-electron chi connectivity index (χ2n) is 5.24. The monoisotopic (exact) mass is 290 g/mol. The van der Waals surface area contributed by atoms with Crippen LogP contribution in [0.1, 0.15) is 25.5 Å². The third kappa shape index (κ3) is 2.30. The first-order chi connectivity index (χ1) is 10.1. The molecule has 1 fully saturated rings. The van der Waals surface area contributed by atoms with Gasteiger partial charge in [-0.05, 0) is 26.7 Å². The van der Waals surface area contributed by atoms with Crippen LogP contribution >= 0.6 is 0 Å². The van der Waals surface area contributed by atoms with E-state index in [1.54, 1.807) is 16.5 Å². The zero-order chi connectivity index (χ0) is 15.0. The summed E-state index contributed by atoms with van der Waals surface area (Å²) in [7, 11) is 0. The molecule has 1 saturated heterocycles. The highest BCUT2D eigenvalue weighted by Gasteiger charge is 2.21. The minimum absolute atomic E-state index is 0.0598. The van der Waals surface area contributed by atoms with Gasteiger partial charge in [0, 0.05) is 19.6 Å². The molecule has 8 nitrogen and oxygen atoms in total. The molecule has 0 bridgehead atoms. The van der Waals surface area contributed by atoms with Gasteiger partial charge in [0.1, 0.15) is 12.1 Å². The highest BCUT2D eigenvalue weighted by atomic mass is 16.2. The molecule has 0 atom stereocenters. The van der Waals surface area contributed by atoms with Crippen LogP contribution in [-0.2, 0) is 17.9 Å². The normalized spacial score (nSPS) is 15.0. The summed E-state index contributed by atoms with van der Waals surface area (Å²) in [6, 6.07) is 0. The summed E-state index contributed by atoms with van der Waals surface area (Å²) in [5, 5.41) is 12.2. The average Bonchev–Trinajstić information content (AvgIpc) is 3.10. The molecule has 0 saturated carbocycles. The lowest BCUT2D eigenvalue weighted by Gasteiger charge is -2.15. The number of amides is 1. The molecule has 8 heteroatoms. The molecular weight excluding hydrogens is 272 g/mol. The van der Waals surface area contributed by atoms with E-state index in [9.17, 15) is 9.59 Å². The van der Waals surface area contributed by atoms with Crippen LogP contribution in [0.3, 0.4) is 0 Å². The van der Waals surface area contributed by atoms with Gasteiger partial charge in [0.25, 0.3) is 5.56 Å². The van der Waals surface area contributed by atoms with Crippen molar-refractivity contribution in [1.82, 2.24) is 29.7 Å². The fourth-order valence-corrected chi connectivity index (χ4v) is 2.69. The molecule has 0 N–H and O–H groups in total. The molecule has 0 radical (unpaired) electrons. The number of carbonyl (C=O) groups excluding carboxylic acids is 1. The quantitative estimate of drug-likeness (QED) is 0.790. The Morgan fingerprint density at radius 3 is 2.62 bits per heavy atom. The number of fused-ring (bicyclic) bond motifs is 1. The molecule has 112 valence electrons. The number of carbonyl (C=O) groups is 1. The zero-order valence-corrected chi connectivity index (χ0v) is 12.2. The third-order valence-corrected chi connectivity index (χ3v) is 3.83. The fourth-order valence-electron chi connectivity index (χ4n) is 2.69. The average molecular weight is 290 g/mol. The molecule has 0 unspecified atom stereocenters. The van der Waals surface area contributed by atoms with Crippen molar-refractivity contribution in [1.29, 1.82) is 0 Å². The first-order valence-electron chi connectivity index (χ1n) is 7.20. The van der Waals surface area contributed by atoms with E-state index in [0.717, 1.165) is 30.6 Å². The summed E-state index contributed by atoms with van der Waals surface area (Å²) < 4.78 is 2.74. The van der Waals surface area contributed by atoms with Crippen molar-refractivity contribution in [3.8, 4) is 0 Å². The number of hydrogen-bond acceptors (Lipinski definition) is 5. The molecular formula is C13H18N6O2. The van der Waals surface area contributed by atoms with Gasteiger partial charge >= 0.3 is 0 Å². The Labute approximate surface area is 121 Å². The minimum atomic E-state index is -0.310. The van der Waals surface area contributed by atoms with E-state index in [0.29, 0.717) is 23.3 Å². The molecule has 0 aromatic carbocycles. The molecule has 0 spiro atoms. The second-order valence-corrected chi connectivity index (χ2v) is 5.24. The van der Waals surface area contributed by atoms with Gasteiger partial charge in [-0.2, -0.15) is 9.78 Å². The summed E-state index contributed by atoms with van der Waals surface area (Å²) >= 11 is 0. The van der Waals surface area contributed by atoms with Gasteiger partial charge < -0.3 is 4.90 Å². The molecule has 1 amide bonds. The lowest BCUT2D eigenvalue weighted by atomic mass is 10.4. The predicted molar refractivity (Wildman–Crippen MR) is 75.8 cm³/mol. The summed E-state index contributed by atoms with van der Waals surface area (Å²) in [6.07, 6.45) is 2.04. The van der Waals surface area contributed by atoms with E-state index in [2.05, 4.69) is 15.4 Å². The van der Waals surface area contributed by atoms with Crippen LogP contribution < -0.4 is 5.56 Å².